The number of H-pyrrole nitrogens is 1. The summed E-state index contributed by atoms with van der Waals surface area (Å²) in [6.07, 6.45) is 4.88. The van der Waals surface area contributed by atoms with Gasteiger partial charge in [0.2, 0.25) is 5.91 Å². The average Bonchev–Trinajstić information content (AvgIpc) is 2.87. The van der Waals surface area contributed by atoms with E-state index in [0.29, 0.717) is 0 Å². The molecule has 1 amide bonds. The summed E-state index contributed by atoms with van der Waals surface area (Å²) in [6, 6.07) is 5.76. The number of nitrogens with one attached hydrogen (secondary N) is 3. The van der Waals surface area contributed by atoms with Crippen LogP contribution in [0.15, 0.2) is 24.4 Å². The van der Waals surface area contributed by atoms with Crippen molar-refractivity contribution in [2.45, 2.75) is 31.7 Å². The number of piperidine rings is 1. The Morgan fingerprint density at radius 1 is 1.40 bits per heavy atom. The number of halogens is 1. The summed E-state index contributed by atoms with van der Waals surface area (Å²) in [7, 11) is 0. The molecule has 3 N–H and O–H groups in total. The van der Waals surface area contributed by atoms with Crippen molar-refractivity contribution in [2.75, 3.05) is 11.9 Å². The summed E-state index contributed by atoms with van der Waals surface area (Å²) in [5, 5.41) is 14.2. The number of hydrogen-bond acceptors (Lipinski definition) is 3. The van der Waals surface area contributed by atoms with Crippen molar-refractivity contribution in [3.05, 3.63) is 24.4 Å². The molecule has 1 aromatic heterocycles. The zero-order valence-corrected chi connectivity index (χ0v) is 12.2. The second-order valence-corrected chi connectivity index (χ2v) is 5.34. The molecule has 5 nitrogen and oxygen atoms in total. The number of benzene rings is 1. The summed E-state index contributed by atoms with van der Waals surface area (Å²) in [4.78, 5) is 12.4. The van der Waals surface area contributed by atoms with Crippen LogP contribution in [0.2, 0.25) is 0 Å². The van der Waals surface area contributed by atoms with Crippen LogP contribution in [0, 0.1) is 0 Å². The van der Waals surface area contributed by atoms with Crippen LogP contribution in [0.4, 0.5) is 5.69 Å². The highest BCUT2D eigenvalue weighted by Crippen LogP contribution is 2.22. The normalized spacial score (nSPS) is 22.2. The highest BCUT2D eigenvalue weighted by atomic mass is 35.5. The van der Waals surface area contributed by atoms with E-state index in [9.17, 15) is 4.79 Å². The molecule has 0 bridgehead atoms. The van der Waals surface area contributed by atoms with Gasteiger partial charge in [-0.25, -0.2) is 0 Å². The van der Waals surface area contributed by atoms with Gasteiger partial charge in [0.15, 0.2) is 0 Å². The fourth-order valence-corrected chi connectivity index (χ4v) is 2.53. The first-order chi connectivity index (χ1) is 9.17. The smallest absolute Gasteiger partial charge is 0.244 e. The van der Waals surface area contributed by atoms with Crippen molar-refractivity contribution in [3.63, 3.8) is 0 Å². The van der Waals surface area contributed by atoms with Gasteiger partial charge < -0.3 is 10.6 Å². The van der Waals surface area contributed by atoms with Crippen molar-refractivity contribution in [2.24, 2.45) is 0 Å². The Hall–Kier alpha value is -1.59. The van der Waals surface area contributed by atoms with E-state index in [0.717, 1.165) is 42.4 Å². The number of carbonyl (C=O) groups excluding carboxylic acids is 1. The highest BCUT2D eigenvalue weighted by molar-refractivity contribution is 5.99. The summed E-state index contributed by atoms with van der Waals surface area (Å²) in [5.41, 5.74) is 1.27. The molecule has 0 saturated carbocycles. The number of aromatic nitrogens is 2. The molecule has 20 heavy (non-hydrogen) atoms. The van der Waals surface area contributed by atoms with Gasteiger partial charge in [0, 0.05) is 11.1 Å². The first-order valence-corrected chi connectivity index (χ1v) is 6.67. The molecule has 0 aliphatic carbocycles. The van der Waals surface area contributed by atoms with Crippen molar-refractivity contribution < 1.29 is 4.79 Å². The highest BCUT2D eigenvalue weighted by Gasteiger charge is 2.34. The topological polar surface area (TPSA) is 69.8 Å². The second kappa shape index (κ2) is 5.81. The van der Waals surface area contributed by atoms with E-state index >= 15 is 0 Å². The Morgan fingerprint density at radius 2 is 2.25 bits per heavy atom. The maximum atomic E-state index is 12.4. The lowest BCUT2D eigenvalue weighted by molar-refractivity contribution is -0.122. The molecule has 1 saturated heterocycles. The number of hydrogen-bond donors (Lipinski definition) is 3. The fourth-order valence-electron chi connectivity index (χ4n) is 2.53. The van der Waals surface area contributed by atoms with Crippen LogP contribution >= 0.6 is 12.4 Å². The second-order valence-electron chi connectivity index (χ2n) is 5.34. The fraction of sp³-hybridized carbons (Fsp3) is 0.429. The first kappa shape index (κ1) is 14.8. The van der Waals surface area contributed by atoms with Crippen LogP contribution in [0.5, 0.6) is 0 Å². The minimum atomic E-state index is -0.457. The number of carbonyl (C=O) groups is 1. The van der Waals surface area contributed by atoms with Crippen LogP contribution in [0.25, 0.3) is 10.9 Å². The number of aromatic amines is 1. The number of fused-ring (bicyclic) bond motifs is 1. The molecule has 3 rings (SSSR count). The molecule has 0 radical (unpaired) electrons. The van der Waals surface area contributed by atoms with Crippen LogP contribution in [0.1, 0.15) is 26.2 Å². The zero-order chi connectivity index (χ0) is 13.3. The molecular weight excluding hydrogens is 276 g/mol. The van der Waals surface area contributed by atoms with Crippen molar-refractivity contribution in [1.82, 2.24) is 15.5 Å². The predicted octanol–water partition coefficient (Wildman–Crippen LogP) is 2.46. The van der Waals surface area contributed by atoms with Gasteiger partial charge in [0.1, 0.15) is 0 Å². The summed E-state index contributed by atoms with van der Waals surface area (Å²) < 4.78 is 0. The first-order valence-electron chi connectivity index (χ1n) is 6.67. The number of rotatable bonds is 2. The lowest BCUT2D eigenvalue weighted by atomic mass is 9.90. The third-order valence-electron chi connectivity index (χ3n) is 3.82. The molecule has 1 unspecified atom stereocenters. The van der Waals surface area contributed by atoms with Crippen molar-refractivity contribution in [3.8, 4) is 0 Å². The van der Waals surface area contributed by atoms with Crippen LogP contribution in [0.3, 0.4) is 0 Å². The zero-order valence-electron chi connectivity index (χ0n) is 11.4. The Labute approximate surface area is 123 Å². The quantitative estimate of drug-likeness (QED) is 0.797. The van der Waals surface area contributed by atoms with Gasteiger partial charge in [-0.15, -0.1) is 12.4 Å². The predicted molar refractivity (Wildman–Crippen MR) is 82.2 cm³/mol. The molecule has 1 aliphatic rings. The molecule has 0 spiro atoms. The lowest BCUT2D eigenvalue weighted by Crippen LogP contribution is -2.54. The Morgan fingerprint density at radius 3 is 3.00 bits per heavy atom. The van der Waals surface area contributed by atoms with E-state index in [1.807, 2.05) is 25.1 Å². The Kier molecular flexibility index (Phi) is 4.30. The minimum Gasteiger partial charge on any atom is -0.324 e. The summed E-state index contributed by atoms with van der Waals surface area (Å²) in [5.74, 6) is 0.0334. The molecule has 6 heteroatoms. The van der Waals surface area contributed by atoms with Gasteiger partial charge in [-0.1, -0.05) is 0 Å². The van der Waals surface area contributed by atoms with Gasteiger partial charge in [-0.05, 0) is 50.9 Å². The SMILES string of the molecule is CC1(C(=O)Nc2ccc3cn[nH]c3c2)CCCCN1.Cl. The molecule has 1 aromatic carbocycles. The van der Waals surface area contributed by atoms with Gasteiger partial charge in [-0.3, -0.25) is 9.89 Å². The van der Waals surface area contributed by atoms with Crippen molar-refractivity contribution in [1.29, 1.82) is 0 Å². The number of nitrogens with zero attached hydrogens (tertiary/aromatic N) is 1. The van der Waals surface area contributed by atoms with E-state index in [1.165, 1.54) is 0 Å². The standard InChI is InChI=1S/C14H18N4O.ClH/c1-14(6-2-3-7-15-14)13(19)17-11-5-4-10-9-16-18-12(10)8-11;/h4-5,8-9,15H,2-3,6-7H2,1H3,(H,16,18)(H,17,19);1H. The minimum absolute atomic E-state index is 0. The Balaban J connectivity index is 0.00000147. The van der Waals surface area contributed by atoms with Crippen LogP contribution in [-0.4, -0.2) is 28.2 Å². The largest absolute Gasteiger partial charge is 0.324 e. The molecular formula is C14H19ClN4O. The lowest BCUT2D eigenvalue weighted by Gasteiger charge is -2.33. The third-order valence-corrected chi connectivity index (χ3v) is 3.82. The molecule has 108 valence electrons. The maximum Gasteiger partial charge on any atom is 0.244 e. The van der Waals surface area contributed by atoms with E-state index < -0.39 is 5.54 Å². The molecule has 1 atom stereocenters. The molecule has 2 aromatic rings. The summed E-state index contributed by atoms with van der Waals surface area (Å²) >= 11 is 0. The van der Waals surface area contributed by atoms with Gasteiger partial charge in [0.05, 0.1) is 17.3 Å². The van der Waals surface area contributed by atoms with E-state index in [4.69, 9.17) is 0 Å². The van der Waals surface area contributed by atoms with Gasteiger partial charge in [-0.2, -0.15) is 5.10 Å². The van der Waals surface area contributed by atoms with Crippen molar-refractivity contribution >= 4 is 34.9 Å². The van der Waals surface area contributed by atoms with Crippen LogP contribution in [-0.2, 0) is 4.79 Å². The Bertz CT molecular complexity index is 604. The molecule has 2 heterocycles. The van der Waals surface area contributed by atoms with E-state index in [1.54, 1.807) is 6.20 Å². The van der Waals surface area contributed by atoms with Gasteiger partial charge >= 0.3 is 0 Å². The molecule has 1 aliphatic heterocycles. The van der Waals surface area contributed by atoms with Gasteiger partial charge in [0.25, 0.3) is 0 Å². The molecule has 1 fully saturated rings. The van der Waals surface area contributed by atoms with Crippen LogP contribution < -0.4 is 10.6 Å². The summed E-state index contributed by atoms with van der Waals surface area (Å²) in [6.45, 7) is 2.87. The van der Waals surface area contributed by atoms with E-state index in [-0.39, 0.29) is 18.3 Å². The monoisotopic (exact) mass is 294 g/mol. The average molecular weight is 295 g/mol. The van der Waals surface area contributed by atoms with E-state index in [2.05, 4.69) is 20.8 Å². The number of amides is 1. The number of anilines is 1. The maximum absolute atomic E-state index is 12.4. The third kappa shape index (κ3) is 2.78.